The van der Waals surface area contributed by atoms with Crippen LogP contribution < -0.4 is 4.90 Å². The van der Waals surface area contributed by atoms with Crippen LogP contribution in [0.25, 0.3) is 0 Å². The standard InChI is InChI=1S/C16H24N2O/c1-12(2)13-6-7-14-11-16(19)18(15(14)10-13)9-5-8-17(3)4/h6-7,10,12H,5,8-9,11H2,1-4H3. The second-order valence-corrected chi connectivity index (χ2v) is 5.92. The molecule has 0 aliphatic carbocycles. The molecule has 0 fully saturated rings. The fraction of sp³-hybridized carbons (Fsp3) is 0.562. The van der Waals surface area contributed by atoms with Crippen molar-refractivity contribution < 1.29 is 4.79 Å². The highest BCUT2D eigenvalue weighted by molar-refractivity contribution is 6.01. The van der Waals surface area contributed by atoms with Gasteiger partial charge in [0, 0.05) is 12.2 Å². The van der Waals surface area contributed by atoms with Crippen molar-refractivity contribution in [2.75, 3.05) is 32.1 Å². The van der Waals surface area contributed by atoms with E-state index in [0.29, 0.717) is 12.3 Å². The minimum absolute atomic E-state index is 0.245. The molecule has 1 aliphatic heterocycles. The summed E-state index contributed by atoms with van der Waals surface area (Å²) in [6.45, 7) is 6.22. The first-order chi connectivity index (χ1) is 8.99. The molecular weight excluding hydrogens is 236 g/mol. The predicted molar refractivity (Wildman–Crippen MR) is 79.8 cm³/mol. The van der Waals surface area contributed by atoms with Crippen LogP contribution in [-0.4, -0.2) is 38.0 Å². The van der Waals surface area contributed by atoms with Gasteiger partial charge in [0.25, 0.3) is 0 Å². The molecule has 0 radical (unpaired) electrons. The van der Waals surface area contributed by atoms with E-state index in [2.05, 4.69) is 51.0 Å². The molecule has 0 N–H and O–H groups in total. The average molecular weight is 260 g/mol. The van der Waals surface area contributed by atoms with Gasteiger partial charge >= 0.3 is 0 Å². The van der Waals surface area contributed by atoms with Crippen molar-refractivity contribution in [1.29, 1.82) is 0 Å². The van der Waals surface area contributed by atoms with Crippen molar-refractivity contribution >= 4 is 11.6 Å². The molecule has 0 aromatic heterocycles. The Morgan fingerprint density at radius 3 is 2.68 bits per heavy atom. The molecule has 0 bridgehead atoms. The third-order valence-electron chi connectivity index (χ3n) is 3.70. The fourth-order valence-electron chi connectivity index (χ4n) is 2.52. The van der Waals surface area contributed by atoms with E-state index in [1.54, 1.807) is 0 Å². The molecular formula is C16H24N2O. The van der Waals surface area contributed by atoms with Crippen molar-refractivity contribution in [2.45, 2.75) is 32.6 Å². The first-order valence-electron chi connectivity index (χ1n) is 7.07. The Morgan fingerprint density at radius 2 is 2.05 bits per heavy atom. The third kappa shape index (κ3) is 3.16. The monoisotopic (exact) mass is 260 g/mol. The number of carbonyl (C=O) groups excluding carboxylic acids is 1. The van der Waals surface area contributed by atoms with Crippen LogP contribution in [0.5, 0.6) is 0 Å². The summed E-state index contributed by atoms with van der Waals surface area (Å²) >= 11 is 0. The number of hydrogen-bond acceptors (Lipinski definition) is 2. The van der Waals surface area contributed by atoms with E-state index in [4.69, 9.17) is 0 Å². The number of hydrogen-bond donors (Lipinski definition) is 0. The highest BCUT2D eigenvalue weighted by Crippen LogP contribution is 2.32. The quantitative estimate of drug-likeness (QED) is 0.812. The fourth-order valence-corrected chi connectivity index (χ4v) is 2.52. The molecule has 0 atom stereocenters. The van der Waals surface area contributed by atoms with Crippen LogP contribution in [0.4, 0.5) is 5.69 Å². The molecule has 1 amide bonds. The molecule has 2 rings (SSSR count). The Labute approximate surface area is 116 Å². The molecule has 1 aromatic carbocycles. The maximum absolute atomic E-state index is 12.1. The van der Waals surface area contributed by atoms with E-state index in [0.717, 1.165) is 25.2 Å². The highest BCUT2D eigenvalue weighted by atomic mass is 16.2. The average Bonchev–Trinajstić information content (AvgIpc) is 2.64. The molecule has 1 heterocycles. The molecule has 19 heavy (non-hydrogen) atoms. The molecule has 0 saturated carbocycles. The summed E-state index contributed by atoms with van der Waals surface area (Å²) in [4.78, 5) is 16.2. The van der Waals surface area contributed by atoms with E-state index >= 15 is 0 Å². The van der Waals surface area contributed by atoms with Gasteiger partial charge in [-0.2, -0.15) is 0 Å². The smallest absolute Gasteiger partial charge is 0.231 e. The minimum Gasteiger partial charge on any atom is -0.312 e. The summed E-state index contributed by atoms with van der Waals surface area (Å²) in [5.74, 6) is 0.749. The third-order valence-corrected chi connectivity index (χ3v) is 3.70. The zero-order valence-corrected chi connectivity index (χ0v) is 12.4. The van der Waals surface area contributed by atoms with Gasteiger partial charge in [-0.15, -0.1) is 0 Å². The van der Waals surface area contributed by atoms with E-state index in [1.807, 2.05) is 4.90 Å². The van der Waals surface area contributed by atoms with E-state index in [-0.39, 0.29) is 5.91 Å². The zero-order chi connectivity index (χ0) is 14.0. The van der Waals surface area contributed by atoms with E-state index < -0.39 is 0 Å². The Balaban J connectivity index is 2.14. The number of carbonyl (C=O) groups is 1. The lowest BCUT2D eigenvalue weighted by Gasteiger charge is -2.20. The molecule has 104 valence electrons. The molecule has 3 heteroatoms. The van der Waals surface area contributed by atoms with Gasteiger partial charge < -0.3 is 9.80 Å². The van der Waals surface area contributed by atoms with Gasteiger partial charge in [0.05, 0.1) is 6.42 Å². The summed E-state index contributed by atoms with van der Waals surface area (Å²) in [7, 11) is 4.13. The van der Waals surface area contributed by atoms with Crippen molar-refractivity contribution in [2.24, 2.45) is 0 Å². The first-order valence-corrected chi connectivity index (χ1v) is 7.07. The van der Waals surface area contributed by atoms with Gasteiger partial charge in [-0.05, 0) is 50.2 Å². The second-order valence-electron chi connectivity index (χ2n) is 5.92. The summed E-state index contributed by atoms with van der Waals surface area (Å²) in [5, 5.41) is 0. The number of benzene rings is 1. The lowest BCUT2D eigenvalue weighted by atomic mass is 10.0. The molecule has 0 saturated heterocycles. The van der Waals surface area contributed by atoms with Crippen LogP contribution >= 0.6 is 0 Å². The zero-order valence-electron chi connectivity index (χ0n) is 12.4. The van der Waals surface area contributed by atoms with Crippen LogP contribution in [0.2, 0.25) is 0 Å². The maximum Gasteiger partial charge on any atom is 0.231 e. The Hall–Kier alpha value is -1.35. The highest BCUT2D eigenvalue weighted by Gasteiger charge is 2.27. The van der Waals surface area contributed by atoms with Crippen LogP contribution in [0.1, 0.15) is 37.3 Å². The number of rotatable bonds is 5. The van der Waals surface area contributed by atoms with E-state index in [9.17, 15) is 4.79 Å². The van der Waals surface area contributed by atoms with Crippen LogP contribution in [0, 0.1) is 0 Å². The van der Waals surface area contributed by atoms with Gasteiger partial charge in [0.15, 0.2) is 0 Å². The maximum atomic E-state index is 12.1. The summed E-state index contributed by atoms with van der Waals surface area (Å²) < 4.78 is 0. The van der Waals surface area contributed by atoms with Gasteiger partial charge in [-0.1, -0.05) is 26.0 Å². The second kappa shape index (κ2) is 5.74. The normalized spacial score (nSPS) is 14.6. The van der Waals surface area contributed by atoms with Crippen molar-refractivity contribution in [1.82, 2.24) is 4.90 Å². The Bertz CT molecular complexity index is 466. The van der Waals surface area contributed by atoms with E-state index in [1.165, 1.54) is 11.1 Å². The lowest BCUT2D eigenvalue weighted by molar-refractivity contribution is -0.117. The Kier molecular flexibility index (Phi) is 4.25. The van der Waals surface area contributed by atoms with Gasteiger partial charge in [0.1, 0.15) is 0 Å². The number of nitrogens with zero attached hydrogens (tertiary/aromatic N) is 2. The van der Waals surface area contributed by atoms with Gasteiger partial charge in [-0.25, -0.2) is 0 Å². The largest absolute Gasteiger partial charge is 0.312 e. The predicted octanol–water partition coefficient (Wildman–Crippen LogP) is 2.65. The molecule has 1 aromatic rings. The molecule has 3 nitrogen and oxygen atoms in total. The SMILES string of the molecule is CC(C)c1ccc2c(c1)N(CCCN(C)C)C(=O)C2. The Morgan fingerprint density at radius 1 is 1.32 bits per heavy atom. The van der Waals surface area contributed by atoms with Gasteiger partial charge in [0.2, 0.25) is 5.91 Å². The van der Waals surface area contributed by atoms with Crippen molar-refractivity contribution in [3.8, 4) is 0 Å². The first kappa shape index (κ1) is 14.1. The van der Waals surface area contributed by atoms with Crippen LogP contribution in [0.15, 0.2) is 18.2 Å². The van der Waals surface area contributed by atoms with Crippen molar-refractivity contribution in [3.05, 3.63) is 29.3 Å². The number of amides is 1. The molecule has 0 unspecified atom stereocenters. The molecule has 1 aliphatic rings. The number of fused-ring (bicyclic) bond motifs is 1. The van der Waals surface area contributed by atoms with Crippen LogP contribution in [0.3, 0.4) is 0 Å². The van der Waals surface area contributed by atoms with Crippen molar-refractivity contribution in [3.63, 3.8) is 0 Å². The van der Waals surface area contributed by atoms with Crippen LogP contribution in [-0.2, 0) is 11.2 Å². The summed E-state index contributed by atoms with van der Waals surface area (Å²) in [6.07, 6.45) is 1.58. The number of anilines is 1. The molecule has 0 spiro atoms. The lowest BCUT2D eigenvalue weighted by Crippen LogP contribution is -2.30. The summed E-state index contributed by atoms with van der Waals surface area (Å²) in [5.41, 5.74) is 3.63. The topological polar surface area (TPSA) is 23.6 Å². The minimum atomic E-state index is 0.245. The van der Waals surface area contributed by atoms with Gasteiger partial charge in [-0.3, -0.25) is 4.79 Å². The summed E-state index contributed by atoms with van der Waals surface area (Å²) in [6, 6.07) is 6.47.